The third kappa shape index (κ3) is 2.11. The quantitative estimate of drug-likeness (QED) is 0.655. The number of hydrogen-bond acceptors (Lipinski definition) is 5. The van der Waals surface area contributed by atoms with Crippen LogP contribution in [-0.4, -0.2) is 40.4 Å². The predicted octanol–water partition coefficient (Wildman–Crippen LogP) is -0.227. The van der Waals surface area contributed by atoms with Crippen LogP contribution in [0.3, 0.4) is 0 Å². The van der Waals surface area contributed by atoms with Gasteiger partial charge in [0.15, 0.2) is 5.69 Å². The van der Waals surface area contributed by atoms with Crippen molar-refractivity contribution in [2.45, 2.75) is 18.4 Å². The standard InChI is InChI=1S/C10H14N4O2/c1-11-9(16)7-2-3-8(14-13-7)12-10(6-15)4-5-10/h2-3,15H,4-6H2,1H3,(H,11,16)(H,12,14). The van der Waals surface area contributed by atoms with Crippen molar-refractivity contribution in [1.29, 1.82) is 0 Å². The molecule has 1 saturated carbocycles. The molecule has 6 nitrogen and oxygen atoms in total. The molecule has 0 atom stereocenters. The maximum atomic E-state index is 11.2. The van der Waals surface area contributed by atoms with Crippen molar-refractivity contribution < 1.29 is 9.90 Å². The lowest BCUT2D eigenvalue weighted by atomic mass is 10.3. The van der Waals surface area contributed by atoms with Gasteiger partial charge in [0.25, 0.3) is 5.91 Å². The lowest BCUT2D eigenvalue weighted by Crippen LogP contribution is -2.26. The fourth-order valence-electron chi connectivity index (χ4n) is 1.39. The van der Waals surface area contributed by atoms with Gasteiger partial charge in [0.05, 0.1) is 12.1 Å². The van der Waals surface area contributed by atoms with E-state index in [4.69, 9.17) is 5.11 Å². The smallest absolute Gasteiger partial charge is 0.271 e. The van der Waals surface area contributed by atoms with Crippen LogP contribution in [-0.2, 0) is 0 Å². The van der Waals surface area contributed by atoms with Crippen LogP contribution in [0.25, 0.3) is 0 Å². The summed E-state index contributed by atoms with van der Waals surface area (Å²) in [6.45, 7) is 0.0892. The van der Waals surface area contributed by atoms with Crippen molar-refractivity contribution >= 4 is 11.7 Å². The summed E-state index contributed by atoms with van der Waals surface area (Å²) in [4.78, 5) is 11.2. The van der Waals surface area contributed by atoms with E-state index in [-0.39, 0.29) is 23.7 Å². The van der Waals surface area contributed by atoms with Gasteiger partial charge >= 0.3 is 0 Å². The number of carbonyl (C=O) groups excluding carboxylic acids is 1. The Morgan fingerprint density at radius 1 is 1.50 bits per heavy atom. The van der Waals surface area contributed by atoms with Gasteiger partial charge in [0.2, 0.25) is 0 Å². The number of amides is 1. The summed E-state index contributed by atoms with van der Waals surface area (Å²) in [5, 5.41) is 22.4. The van der Waals surface area contributed by atoms with E-state index >= 15 is 0 Å². The summed E-state index contributed by atoms with van der Waals surface area (Å²) in [6, 6.07) is 3.29. The molecule has 0 spiro atoms. The Balaban J connectivity index is 2.05. The number of nitrogens with zero attached hydrogens (tertiary/aromatic N) is 2. The Kier molecular flexibility index (Phi) is 2.74. The van der Waals surface area contributed by atoms with Gasteiger partial charge in [-0.25, -0.2) is 0 Å². The van der Waals surface area contributed by atoms with E-state index in [1.54, 1.807) is 19.2 Å². The molecule has 0 saturated heterocycles. The van der Waals surface area contributed by atoms with Crippen LogP contribution < -0.4 is 10.6 Å². The highest BCUT2D eigenvalue weighted by Gasteiger charge is 2.42. The van der Waals surface area contributed by atoms with Crippen molar-refractivity contribution in [1.82, 2.24) is 15.5 Å². The zero-order valence-electron chi connectivity index (χ0n) is 9.03. The van der Waals surface area contributed by atoms with Gasteiger partial charge in [0, 0.05) is 7.05 Å². The van der Waals surface area contributed by atoms with E-state index in [2.05, 4.69) is 20.8 Å². The van der Waals surface area contributed by atoms with Crippen LogP contribution in [0.2, 0.25) is 0 Å². The first-order chi connectivity index (χ1) is 7.69. The van der Waals surface area contributed by atoms with Crippen LogP contribution in [0.15, 0.2) is 12.1 Å². The second-order valence-corrected chi connectivity index (χ2v) is 3.95. The van der Waals surface area contributed by atoms with Gasteiger partial charge in [0.1, 0.15) is 5.82 Å². The molecule has 1 amide bonds. The topological polar surface area (TPSA) is 87.1 Å². The molecular formula is C10H14N4O2. The summed E-state index contributed by atoms with van der Waals surface area (Å²) in [7, 11) is 1.54. The number of carbonyl (C=O) groups is 1. The number of rotatable bonds is 4. The molecule has 1 aliphatic rings. The van der Waals surface area contributed by atoms with Gasteiger partial charge in [-0.1, -0.05) is 0 Å². The molecule has 3 N–H and O–H groups in total. The van der Waals surface area contributed by atoms with Crippen molar-refractivity contribution in [3.8, 4) is 0 Å². The fourth-order valence-corrected chi connectivity index (χ4v) is 1.39. The number of aliphatic hydroxyl groups is 1. The Morgan fingerprint density at radius 2 is 2.25 bits per heavy atom. The monoisotopic (exact) mass is 222 g/mol. The minimum Gasteiger partial charge on any atom is -0.394 e. The van der Waals surface area contributed by atoms with E-state index in [1.165, 1.54) is 0 Å². The first-order valence-corrected chi connectivity index (χ1v) is 5.14. The molecule has 1 fully saturated rings. The van der Waals surface area contributed by atoms with Crippen molar-refractivity contribution in [3.63, 3.8) is 0 Å². The SMILES string of the molecule is CNC(=O)c1ccc(NC2(CO)CC2)nn1. The lowest BCUT2D eigenvalue weighted by molar-refractivity contribution is 0.0957. The number of hydrogen-bond donors (Lipinski definition) is 3. The second kappa shape index (κ2) is 4.05. The third-order valence-electron chi connectivity index (χ3n) is 2.67. The number of aliphatic hydroxyl groups excluding tert-OH is 1. The predicted molar refractivity (Wildman–Crippen MR) is 58.1 cm³/mol. The maximum Gasteiger partial charge on any atom is 0.271 e. The van der Waals surface area contributed by atoms with Gasteiger partial charge in [-0.2, -0.15) is 0 Å². The molecule has 1 aromatic rings. The van der Waals surface area contributed by atoms with Gasteiger partial charge in [-0.05, 0) is 25.0 Å². The summed E-state index contributed by atoms with van der Waals surface area (Å²) in [5.74, 6) is 0.321. The molecule has 86 valence electrons. The molecule has 0 radical (unpaired) electrons. The summed E-state index contributed by atoms with van der Waals surface area (Å²) in [5.41, 5.74) is 0.0605. The Bertz CT molecular complexity index is 386. The van der Waals surface area contributed by atoms with E-state index in [1.807, 2.05) is 0 Å². The van der Waals surface area contributed by atoms with Crippen LogP contribution in [0, 0.1) is 0 Å². The first-order valence-electron chi connectivity index (χ1n) is 5.14. The first kappa shape index (κ1) is 10.8. The molecule has 1 heterocycles. The number of anilines is 1. The second-order valence-electron chi connectivity index (χ2n) is 3.95. The largest absolute Gasteiger partial charge is 0.394 e. The van der Waals surface area contributed by atoms with Crippen LogP contribution >= 0.6 is 0 Å². The normalized spacial score (nSPS) is 16.6. The van der Waals surface area contributed by atoms with E-state index in [0.717, 1.165) is 12.8 Å². The molecule has 1 aromatic heterocycles. The Hall–Kier alpha value is -1.69. The van der Waals surface area contributed by atoms with Crippen molar-refractivity contribution in [2.75, 3.05) is 19.0 Å². The van der Waals surface area contributed by atoms with Gasteiger partial charge in [-0.15, -0.1) is 10.2 Å². The van der Waals surface area contributed by atoms with Gasteiger partial charge < -0.3 is 15.7 Å². The minimum atomic E-state index is -0.262. The van der Waals surface area contributed by atoms with E-state index < -0.39 is 0 Å². The number of nitrogens with one attached hydrogen (secondary N) is 2. The fraction of sp³-hybridized carbons (Fsp3) is 0.500. The highest BCUT2D eigenvalue weighted by Crippen LogP contribution is 2.37. The average molecular weight is 222 g/mol. The van der Waals surface area contributed by atoms with Crippen LogP contribution in [0.1, 0.15) is 23.3 Å². The Morgan fingerprint density at radius 3 is 2.69 bits per heavy atom. The molecule has 0 aliphatic heterocycles. The molecule has 16 heavy (non-hydrogen) atoms. The molecule has 1 aliphatic carbocycles. The number of aromatic nitrogens is 2. The zero-order valence-corrected chi connectivity index (χ0v) is 9.03. The molecule has 0 aromatic carbocycles. The highest BCUT2D eigenvalue weighted by atomic mass is 16.3. The van der Waals surface area contributed by atoms with E-state index in [9.17, 15) is 4.79 Å². The Labute approximate surface area is 93.1 Å². The van der Waals surface area contributed by atoms with Gasteiger partial charge in [-0.3, -0.25) is 4.79 Å². The summed E-state index contributed by atoms with van der Waals surface area (Å²) < 4.78 is 0. The molecule has 0 unspecified atom stereocenters. The average Bonchev–Trinajstić information content (AvgIpc) is 3.09. The minimum absolute atomic E-state index is 0.0892. The van der Waals surface area contributed by atoms with Crippen LogP contribution in [0.5, 0.6) is 0 Å². The molecule has 2 rings (SSSR count). The molecular weight excluding hydrogens is 208 g/mol. The zero-order chi connectivity index (χ0) is 11.6. The van der Waals surface area contributed by atoms with Crippen LogP contribution in [0.4, 0.5) is 5.82 Å². The van der Waals surface area contributed by atoms with Crippen molar-refractivity contribution in [3.05, 3.63) is 17.8 Å². The lowest BCUT2D eigenvalue weighted by Gasteiger charge is -2.14. The molecule has 0 bridgehead atoms. The molecule has 6 heteroatoms. The summed E-state index contributed by atoms with van der Waals surface area (Å²) in [6.07, 6.45) is 1.87. The highest BCUT2D eigenvalue weighted by molar-refractivity contribution is 5.91. The van der Waals surface area contributed by atoms with Crippen molar-refractivity contribution in [2.24, 2.45) is 0 Å². The van der Waals surface area contributed by atoms with E-state index in [0.29, 0.717) is 5.82 Å². The third-order valence-corrected chi connectivity index (χ3v) is 2.67. The summed E-state index contributed by atoms with van der Waals surface area (Å²) >= 11 is 0. The maximum absolute atomic E-state index is 11.2.